The minimum absolute atomic E-state index is 0.0349. The number of H-pyrrole nitrogens is 1. The summed E-state index contributed by atoms with van der Waals surface area (Å²) in [5, 5.41) is 2.75. The Hall–Kier alpha value is -2.15. The number of carbonyl (C=O) groups is 2. The first kappa shape index (κ1) is 15.2. The number of nitrogens with one attached hydrogen (secondary N) is 2. The summed E-state index contributed by atoms with van der Waals surface area (Å²) >= 11 is 0. The molecular weight excluding hydrogens is 274 g/mol. The van der Waals surface area contributed by atoms with Gasteiger partial charge in [-0.3, -0.25) is 14.4 Å². The lowest BCUT2D eigenvalue weighted by atomic mass is 10.1. The average Bonchev–Trinajstić information content (AvgIpc) is 2.52. The van der Waals surface area contributed by atoms with Crippen molar-refractivity contribution in [2.75, 3.05) is 26.3 Å². The van der Waals surface area contributed by atoms with Crippen molar-refractivity contribution in [3.8, 4) is 0 Å². The van der Waals surface area contributed by atoms with Crippen molar-refractivity contribution < 1.29 is 14.3 Å². The van der Waals surface area contributed by atoms with Crippen LogP contribution in [0, 0.1) is 0 Å². The number of pyridine rings is 1. The highest BCUT2D eigenvalue weighted by atomic mass is 16.5. The smallest absolute Gasteiger partial charge is 0.260 e. The van der Waals surface area contributed by atoms with Gasteiger partial charge in [0.2, 0.25) is 5.91 Å². The maximum absolute atomic E-state index is 12.5. The van der Waals surface area contributed by atoms with E-state index in [-0.39, 0.29) is 30.1 Å². The Bertz CT molecular complexity index is 569. The summed E-state index contributed by atoms with van der Waals surface area (Å²) in [6.45, 7) is 3.28. The van der Waals surface area contributed by atoms with E-state index in [1.54, 1.807) is 0 Å². The molecule has 2 heterocycles. The molecule has 0 aliphatic carbocycles. The molecule has 0 aromatic carbocycles. The Labute approximate surface area is 122 Å². The van der Waals surface area contributed by atoms with Crippen LogP contribution in [0.25, 0.3) is 0 Å². The minimum atomic E-state index is -0.697. The molecule has 2 N–H and O–H groups in total. The van der Waals surface area contributed by atoms with Crippen molar-refractivity contribution in [3.63, 3.8) is 0 Å². The fourth-order valence-corrected chi connectivity index (χ4v) is 2.17. The van der Waals surface area contributed by atoms with Crippen molar-refractivity contribution in [2.45, 2.75) is 19.4 Å². The highest BCUT2D eigenvalue weighted by molar-refractivity contribution is 5.97. The topological polar surface area (TPSA) is 91.5 Å². The van der Waals surface area contributed by atoms with Crippen LogP contribution in [0.5, 0.6) is 0 Å². The molecule has 7 nitrogen and oxygen atoms in total. The minimum Gasteiger partial charge on any atom is -0.377 e. The summed E-state index contributed by atoms with van der Waals surface area (Å²) in [5.41, 5.74) is -0.328. The summed E-state index contributed by atoms with van der Waals surface area (Å²) in [4.78, 5) is 40.5. The number of aromatic amines is 1. The van der Waals surface area contributed by atoms with E-state index in [0.717, 1.165) is 6.42 Å². The Morgan fingerprint density at radius 2 is 2.33 bits per heavy atom. The van der Waals surface area contributed by atoms with Crippen LogP contribution in [0.2, 0.25) is 0 Å². The molecule has 1 aromatic rings. The molecule has 1 saturated heterocycles. The average molecular weight is 293 g/mol. The van der Waals surface area contributed by atoms with Crippen molar-refractivity contribution in [2.24, 2.45) is 0 Å². The van der Waals surface area contributed by atoms with Crippen molar-refractivity contribution in [1.82, 2.24) is 15.2 Å². The summed E-state index contributed by atoms with van der Waals surface area (Å²) in [7, 11) is 0. The molecular formula is C14H19N3O4. The predicted molar refractivity (Wildman–Crippen MR) is 76.0 cm³/mol. The van der Waals surface area contributed by atoms with Gasteiger partial charge in [-0.15, -0.1) is 0 Å². The number of carbonyl (C=O) groups excluding carboxylic acids is 2. The van der Waals surface area contributed by atoms with Crippen molar-refractivity contribution >= 4 is 11.8 Å². The van der Waals surface area contributed by atoms with Gasteiger partial charge in [0.05, 0.1) is 13.2 Å². The van der Waals surface area contributed by atoms with Gasteiger partial charge in [-0.25, -0.2) is 0 Å². The number of rotatable bonds is 4. The first-order chi connectivity index (χ1) is 10.1. The molecule has 2 rings (SSSR count). The zero-order valence-electron chi connectivity index (χ0n) is 11.9. The van der Waals surface area contributed by atoms with E-state index >= 15 is 0 Å². The van der Waals surface area contributed by atoms with Crippen LogP contribution in [0.4, 0.5) is 0 Å². The predicted octanol–water partition coefficient (Wildman–Crippen LogP) is -0.258. The molecule has 1 unspecified atom stereocenters. The molecule has 0 radical (unpaired) electrons. The Morgan fingerprint density at radius 3 is 3.05 bits per heavy atom. The van der Waals surface area contributed by atoms with E-state index in [1.807, 2.05) is 6.92 Å². The van der Waals surface area contributed by atoms with Gasteiger partial charge in [0.15, 0.2) is 5.43 Å². The monoisotopic (exact) mass is 293 g/mol. The lowest BCUT2D eigenvalue weighted by molar-refractivity contribution is -0.130. The van der Waals surface area contributed by atoms with Gasteiger partial charge in [0, 0.05) is 31.5 Å². The van der Waals surface area contributed by atoms with E-state index in [0.29, 0.717) is 13.2 Å². The number of hydrogen-bond acceptors (Lipinski definition) is 4. The number of hydrogen-bond donors (Lipinski definition) is 2. The van der Waals surface area contributed by atoms with Gasteiger partial charge >= 0.3 is 0 Å². The molecule has 1 atom stereocenters. The molecule has 7 heteroatoms. The van der Waals surface area contributed by atoms with Gasteiger partial charge in [0.1, 0.15) is 11.6 Å². The fourth-order valence-electron chi connectivity index (χ4n) is 2.17. The number of amides is 2. The Balaban J connectivity index is 2.18. The lowest BCUT2D eigenvalue weighted by Gasteiger charge is -2.34. The second-order valence-electron chi connectivity index (χ2n) is 4.80. The van der Waals surface area contributed by atoms with Crippen LogP contribution < -0.4 is 10.7 Å². The molecule has 1 aliphatic rings. The highest BCUT2D eigenvalue weighted by Gasteiger charge is 2.33. The van der Waals surface area contributed by atoms with Gasteiger partial charge in [-0.05, 0) is 6.42 Å². The van der Waals surface area contributed by atoms with E-state index in [1.165, 1.54) is 23.4 Å². The maximum Gasteiger partial charge on any atom is 0.260 e. The second kappa shape index (κ2) is 7.03. The summed E-state index contributed by atoms with van der Waals surface area (Å²) in [6.07, 6.45) is 3.64. The van der Waals surface area contributed by atoms with Crippen LogP contribution in [0.3, 0.4) is 0 Å². The molecule has 1 aromatic heterocycles. The van der Waals surface area contributed by atoms with E-state index in [9.17, 15) is 14.4 Å². The quantitative estimate of drug-likeness (QED) is 0.800. The van der Waals surface area contributed by atoms with Gasteiger partial charge in [-0.1, -0.05) is 6.92 Å². The maximum atomic E-state index is 12.5. The first-order valence-electron chi connectivity index (χ1n) is 6.98. The Kier molecular flexibility index (Phi) is 5.10. The number of ether oxygens (including phenoxy) is 1. The van der Waals surface area contributed by atoms with Crippen LogP contribution in [0.1, 0.15) is 23.7 Å². The van der Waals surface area contributed by atoms with E-state index in [4.69, 9.17) is 4.74 Å². The van der Waals surface area contributed by atoms with Crippen LogP contribution in [-0.4, -0.2) is 54.0 Å². The van der Waals surface area contributed by atoms with Crippen molar-refractivity contribution in [3.05, 3.63) is 34.2 Å². The zero-order valence-corrected chi connectivity index (χ0v) is 11.9. The molecule has 0 spiro atoms. The third-order valence-electron chi connectivity index (χ3n) is 3.30. The number of aromatic nitrogens is 1. The molecule has 0 saturated carbocycles. The summed E-state index contributed by atoms with van der Waals surface area (Å²) < 4.78 is 5.29. The molecule has 0 bridgehead atoms. The molecule has 2 amide bonds. The molecule has 21 heavy (non-hydrogen) atoms. The van der Waals surface area contributed by atoms with Crippen molar-refractivity contribution in [1.29, 1.82) is 0 Å². The van der Waals surface area contributed by atoms with Gasteiger partial charge in [-0.2, -0.15) is 0 Å². The number of nitrogens with zero attached hydrogens (tertiary/aromatic N) is 1. The van der Waals surface area contributed by atoms with Crippen LogP contribution >= 0.6 is 0 Å². The normalized spacial score (nSPS) is 18.3. The standard InChI is InChI=1S/C14H19N3O4/c1-2-4-16-13(19)11-9-21-7-6-17(11)14(20)10-8-15-5-3-12(10)18/h3,5,8,11H,2,4,6-7,9H2,1H3,(H,15,18)(H,16,19). The first-order valence-corrected chi connectivity index (χ1v) is 6.98. The number of morpholine rings is 1. The largest absolute Gasteiger partial charge is 0.377 e. The van der Waals surface area contributed by atoms with Crippen LogP contribution in [0.15, 0.2) is 23.3 Å². The van der Waals surface area contributed by atoms with E-state index < -0.39 is 11.9 Å². The molecule has 1 aliphatic heterocycles. The SMILES string of the molecule is CCCNC(=O)C1COCCN1C(=O)c1c[nH]ccc1=O. The molecule has 1 fully saturated rings. The van der Waals surface area contributed by atoms with E-state index in [2.05, 4.69) is 10.3 Å². The third kappa shape index (κ3) is 3.49. The molecule has 114 valence electrons. The fraction of sp³-hybridized carbons (Fsp3) is 0.500. The second-order valence-corrected chi connectivity index (χ2v) is 4.80. The summed E-state index contributed by atoms with van der Waals surface area (Å²) in [5.74, 6) is -0.700. The highest BCUT2D eigenvalue weighted by Crippen LogP contribution is 2.10. The zero-order chi connectivity index (χ0) is 15.2. The van der Waals surface area contributed by atoms with Gasteiger partial charge in [0.25, 0.3) is 5.91 Å². The Morgan fingerprint density at radius 1 is 1.52 bits per heavy atom. The lowest BCUT2D eigenvalue weighted by Crippen LogP contribution is -2.56. The third-order valence-corrected chi connectivity index (χ3v) is 3.30. The van der Waals surface area contributed by atoms with Gasteiger partial charge < -0.3 is 19.9 Å². The van der Waals surface area contributed by atoms with Crippen LogP contribution in [-0.2, 0) is 9.53 Å². The summed E-state index contributed by atoms with van der Waals surface area (Å²) in [6, 6.07) is 0.595.